The SMILES string of the molecule is Cc1cc(C(C)C)n2ncc(C(=O)N3CCN(c4ccccc4)CC3)c2n1. The van der Waals surface area contributed by atoms with Crippen LogP contribution in [0.3, 0.4) is 0 Å². The number of carbonyl (C=O) groups is 1. The lowest BCUT2D eigenvalue weighted by Crippen LogP contribution is -2.48. The van der Waals surface area contributed by atoms with E-state index in [0.717, 1.165) is 24.5 Å². The monoisotopic (exact) mass is 363 g/mol. The summed E-state index contributed by atoms with van der Waals surface area (Å²) in [5, 5.41) is 4.46. The van der Waals surface area contributed by atoms with E-state index < -0.39 is 0 Å². The minimum atomic E-state index is 0.0190. The molecule has 2 aromatic heterocycles. The minimum Gasteiger partial charge on any atom is -0.368 e. The molecule has 0 radical (unpaired) electrons. The third-order valence-corrected chi connectivity index (χ3v) is 5.14. The quantitative estimate of drug-likeness (QED) is 0.717. The molecule has 0 bridgehead atoms. The first-order valence-electron chi connectivity index (χ1n) is 9.49. The average molecular weight is 363 g/mol. The molecule has 0 atom stereocenters. The van der Waals surface area contributed by atoms with Crippen LogP contribution in [-0.2, 0) is 0 Å². The molecule has 1 aliphatic heterocycles. The number of piperazine rings is 1. The topological polar surface area (TPSA) is 53.7 Å². The lowest BCUT2D eigenvalue weighted by atomic mass is 10.1. The molecule has 4 rings (SSSR count). The van der Waals surface area contributed by atoms with E-state index in [-0.39, 0.29) is 5.91 Å². The summed E-state index contributed by atoms with van der Waals surface area (Å²) in [6.07, 6.45) is 1.67. The van der Waals surface area contributed by atoms with Crippen molar-refractivity contribution in [2.75, 3.05) is 31.1 Å². The molecular formula is C21H25N5O. The Morgan fingerprint density at radius 1 is 1.07 bits per heavy atom. The Bertz CT molecular complexity index is 955. The number of anilines is 1. The van der Waals surface area contributed by atoms with E-state index in [1.165, 1.54) is 5.69 Å². The predicted octanol–water partition coefficient (Wildman–Crippen LogP) is 3.12. The maximum Gasteiger partial charge on any atom is 0.259 e. The Balaban J connectivity index is 1.56. The molecular weight excluding hydrogens is 338 g/mol. The molecule has 6 nitrogen and oxygen atoms in total. The van der Waals surface area contributed by atoms with Crippen molar-refractivity contribution >= 4 is 17.2 Å². The lowest BCUT2D eigenvalue weighted by molar-refractivity contribution is 0.0748. The van der Waals surface area contributed by atoms with Crippen molar-refractivity contribution in [3.05, 3.63) is 59.5 Å². The Morgan fingerprint density at radius 2 is 1.78 bits per heavy atom. The van der Waals surface area contributed by atoms with Crippen LogP contribution < -0.4 is 4.90 Å². The van der Waals surface area contributed by atoms with Crippen LogP contribution in [0.2, 0.25) is 0 Å². The number of aryl methyl sites for hydroxylation is 1. The van der Waals surface area contributed by atoms with Crippen LogP contribution in [-0.4, -0.2) is 51.6 Å². The van der Waals surface area contributed by atoms with Crippen molar-refractivity contribution in [3.8, 4) is 0 Å². The van der Waals surface area contributed by atoms with E-state index in [9.17, 15) is 4.79 Å². The molecule has 27 heavy (non-hydrogen) atoms. The summed E-state index contributed by atoms with van der Waals surface area (Å²) < 4.78 is 1.81. The van der Waals surface area contributed by atoms with Crippen molar-refractivity contribution < 1.29 is 4.79 Å². The standard InChI is InChI=1S/C21H25N5O/c1-15(2)19-13-16(3)23-20-18(14-22-26(19)20)21(27)25-11-9-24(10-12-25)17-7-5-4-6-8-17/h4-8,13-15H,9-12H2,1-3H3. The second kappa shape index (κ2) is 7.02. The first-order chi connectivity index (χ1) is 13.0. The van der Waals surface area contributed by atoms with Crippen molar-refractivity contribution in [1.29, 1.82) is 0 Å². The van der Waals surface area contributed by atoms with Gasteiger partial charge in [-0.05, 0) is 31.0 Å². The number of aromatic nitrogens is 3. The van der Waals surface area contributed by atoms with E-state index >= 15 is 0 Å². The number of benzene rings is 1. The number of nitrogens with zero attached hydrogens (tertiary/aromatic N) is 5. The van der Waals surface area contributed by atoms with E-state index in [1.54, 1.807) is 6.20 Å². The van der Waals surface area contributed by atoms with Crippen LogP contribution >= 0.6 is 0 Å². The Morgan fingerprint density at radius 3 is 2.44 bits per heavy atom. The van der Waals surface area contributed by atoms with Crippen LogP contribution in [0.4, 0.5) is 5.69 Å². The molecule has 0 unspecified atom stereocenters. The van der Waals surface area contributed by atoms with Gasteiger partial charge >= 0.3 is 0 Å². The average Bonchev–Trinajstić information content (AvgIpc) is 3.11. The highest BCUT2D eigenvalue weighted by molar-refractivity contribution is 5.99. The molecule has 3 heterocycles. The number of rotatable bonds is 3. The van der Waals surface area contributed by atoms with E-state index in [1.807, 2.05) is 40.6 Å². The molecule has 140 valence electrons. The smallest absolute Gasteiger partial charge is 0.259 e. The molecule has 0 saturated carbocycles. The summed E-state index contributed by atoms with van der Waals surface area (Å²) in [5.41, 5.74) is 4.45. The Hall–Kier alpha value is -2.89. The molecule has 0 aliphatic carbocycles. The highest BCUT2D eigenvalue weighted by Crippen LogP contribution is 2.21. The van der Waals surface area contributed by atoms with Gasteiger partial charge in [0.2, 0.25) is 0 Å². The second-order valence-corrected chi connectivity index (χ2v) is 7.39. The summed E-state index contributed by atoms with van der Waals surface area (Å²) in [7, 11) is 0. The van der Waals surface area contributed by atoms with Gasteiger partial charge in [0, 0.05) is 43.3 Å². The van der Waals surface area contributed by atoms with Gasteiger partial charge in [0.1, 0.15) is 5.56 Å². The molecule has 6 heteroatoms. The van der Waals surface area contributed by atoms with Gasteiger partial charge in [0.15, 0.2) is 5.65 Å². The number of hydrogen-bond acceptors (Lipinski definition) is 4. The van der Waals surface area contributed by atoms with Gasteiger partial charge < -0.3 is 9.80 Å². The number of hydrogen-bond donors (Lipinski definition) is 0. The van der Waals surface area contributed by atoms with Gasteiger partial charge in [-0.15, -0.1) is 0 Å². The maximum absolute atomic E-state index is 13.1. The van der Waals surface area contributed by atoms with Crippen LogP contribution in [0.15, 0.2) is 42.6 Å². The fourth-order valence-electron chi connectivity index (χ4n) is 3.65. The molecule has 0 spiro atoms. The summed E-state index contributed by atoms with van der Waals surface area (Å²) in [6.45, 7) is 9.28. The predicted molar refractivity (Wildman–Crippen MR) is 106 cm³/mol. The summed E-state index contributed by atoms with van der Waals surface area (Å²) in [4.78, 5) is 22.0. The molecule has 0 N–H and O–H groups in total. The van der Waals surface area contributed by atoms with E-state index in [0.29, 0.717) is 30.2 Å². The van der Waals surface area contributed by atoms with Crippen molar-refractivity contribution in [1.82, 2.24) is 19.5 Å². The largest absolute Gasteiger partial charge is 0.368 e. The fourth-order valence-corrected chi connectivity index (χ4v) is 3.65. The zero-order valence-corrected chi connectivity index (χ0v) is 16.1. The third-order valence-electron chi connectivity index (χ3n) is 5.14. The van der Waals surface area contributed by atoms with Gasteiger partial charge in [-0.3, -0.25) is 4.79 Å². The number of para-hydroxylation sites is 1. The molecule has 1 amide bonds. The molecule has 3 aromatic rings. The summed E-state index contributed by atoms with van der Waals surface area (Å²) in [6, 6.07) is 12.4. The van der Waals surface area contributed by atoms with Crippen molar-refractivity contribution in [3.63, 3.8) is 0 Å². The van der Waals surface area contributed by atoms with Crippen LogP contribution in [0, 0.1) is 6.92 Å². The van der Waals surface area contributed by atoms with Gasteiger partial charge in [-0.1, -0.05) is 32.0 Å². The maximum atomic E-state index is 13.1. The Labute approximate surface area is 159 Å². The summed E-state index contributed by atoms with van der Waals surface area (Å²) in [5.74, 6) is 0.331. The first kappa shape index (κ1) is 17.5. The first-order valence-corrected chi connectivity index (χ1v) is 9.49. The van der Waals surface area contributed by atoms with Crippen molar-refractivity contribution in [2.45, 2.75) is 26.7 Å². The number of carbonyl (C=O) groups excluding carboxylic acids is 1. The van der Waals surface area contributed by atoms with Crippen LogP contribution in [0.25, 0.3) is 5.65 Å². The summed E-state index contributed by atoms with van der Waals surface area (Å²) >= 11 is 0. The van der Waals surface area contributed by atoms with Crippen LogP contribution in [0.1, 0.15) is 41.5 Å². The molecule has 1 aromatic carbocycles. The van der Waals surface area contributed by atoms with Gasteiger partial charge in [-0.2, -0.15) is 5.10 Å². The van der Waals surface area contributed by atoms with Crippen molar-refractivity contribution in [2.24, 2.45) is 0 Å². The fraction of sp³-hybridized carbons (Fsp3) is 0.381. The van der Waals surface area contributed by atoms with E-state index in [2.05, 4.69) is 41.0 Å². The lowest BCUT2D eigenvalue weighted by Gasteiger charge is -2.36. The molecule has 1 aliphatic rings. The normalized spacial score (nSPS) is 15.0. The van der Waals surface area contributed by atoms with Gasteiger partial charge in [-0.25, -0.2) is 9.50 Å². The highest BCUT2D eigenvalue weighted by atomic mass is 16.2. The second-order valence-electron chi connectivity index (χ2n) is 7.39. The number of fused-ring (bicyclic) bond motifs is 1. The highest BCUT2D eigenvalue weighted by Gasteiger charge is 2.26. The third kappa shape index (κ3) is 3.27. The van der Waals surface area contributed by atoms with Gasteiger partial charge in [0.05, 0.1) is 6.20 Å². The van der Waals surface area contributed by atoms with Gasteiger partial charge in [0.25, 0.3) is 5.91 Å². The van der Waals surface area contributed by atoms with Crippen LogP contribution in [0.5, 0.6) is 0 Å². The minimum absolute atomic E-state index is 0.0190. The Kier molecular flexibility index (Phi) is 4.56. The number of amides is 1. The molecule has 1 saturated heterocycles. The zero-order valence-electron chi connectivity index (χ0n) is 16.1. The molecule has 1 fully saturated rings. The zero-order chi connectivity index (χ0) is 19.0. The van der Waals surface area contributed by atoms with E-state index in [4.69, 9.17) is 0 Å².